The smallest absolute Gasteiger partial charge is 0.250 e. The van der Waals surface area contributed by atoms with Crippen LogP contribution in [-0.2, 0) is 0 Å². The van der Waals surface area contributed by atoms with E-state index >= 15 is 0 Å². The zero-order chi connectivity index (χ0) is 24.5. The molecule has 3 heterocycles. The maximum absolute atomic E-state index is 14.8. The van der Waals surface area contributed by atoms with Gasteiger partial charge in [-0.05, 0) is 42.9 Å². The summed E-state index contributed by atoms with van der Waals surface area (Å²) in [5.41, 5.74) is 7.78. The van der Waals surface area contributed by atoms with E-state index in [1.54, 1.807) is 0 Å². The lowest BCUT2D eigenvalue weighted by atomic mass is 10.1. The van der Waals surface area contributed by atoms with Crippen molar-refractivity contribution in [1.29, 1.82) is 0 Å². The Kier molecular flexibility index (Phi) is 6.04. The maximum atomic E-state index is 14.8. The van der Waals surface area contributed by atoms with E-state index in [1.165, 1.54) is 29.0 Å². The number of anilines is 3. The van der Waals surface area contributed by atoms with Gasteiger partial charge in [-0.2, -0.15) is 4.98 Å². The van der Waals surface area contributed by atoms with Gasteiger partial charge in [0.25, 0.3) is 5.91 Å². The predicted molar refractivity (Wildman–Crippen MR) is 131 cm³/mol. The molecule has 3 N–H and O–H groups in total. The third-order valence-electron chi connectivity index (χ3n) is 6.27. The molecule has 0 atom stereocenters. The van der Waals surface area contributed by atoms with Crippen LogP contribution in [0, 0.1) is 11.6 Å². The molecule has 2 aromatic heterocycles. The molecule has 35 heavy (non-hydrogen) atoms. The van der Waals surface area contributed by atoms with Gasteiger partial charge in [0.05, 0.1) is 17.3 Å². The van der Waals surface area contributed by atoms with Crippen molar-refractivity contribution in [2.45, 2.75) is 6.92 Å². The third kappa shape index (κ3) is 4.52. The topological polar surface area (TPSA) is 92.3 Å². The molecule has 0 unspecified atom stereocenters. The van der Waals surface area contributed by atoms with Gasteiger partial charge in [-0.3, -0.25) is 9.36 Å². The molecule has 1 aliphatic rings. The molecule has 0 radical (unpaired) electrons. The second kappa shape index (κ2) is 9.30. The zero-order valence-corrected chi connectivity index (χ0v) is 19.2. The van der Waals surface area contributed by atoms with Crippen molar-refractivity contribution in [2.24, 2.45) is 5.73 Å². The summed E-state index contributed by atoms with van der Waals surface area (Å²) in [5.74, 6) is -1.88. The van der Waals surface area contributed by atoms with Gasteiger partial charge in [0, 0.05) is 49.1 Å². The Morgan fingerprint density at radius 3 is 2.66 bits per heavy atom. The van der Waals surface area contributed by atoms with Crippen LogP contribution in [-0.4, -0.2) is 58.1 Å². The number of fused-ring (bicyclic) bond motifs is 1. The molecule has 0 aliphatic carbocycles. The zero-order valence-electron chi connectivity index (χ0n) is 19.2. The molecule has 0 spiro atoms. The van der Waals surface area contributed by atoms with Crippen LogP contribution in [0.25, 0.3) is 16.7 Å². The Bertz CT molecular complexity index is 1400. The fraction of sp³-hybridized carbons (Fsp3) is 0.240. The Hall–Kier alpha value is -4.05. The predicted octanol–water partition coefficient (Wildman–Crippen LogP) is 3.68. The number of benzene rings is 2. The van der Waals surface area contributed by atoms with Crippen molar-refractivity contribution in [1.82, 2.24) is 19.4 Å². The van der Waals surface area contributed by atoms with Crippen LogP contribution in [0.4, 0.5) is 26.1 Å². The Morgan fingerprint density at radius 1 is 1.11 bits per heavy atom. The molecule has 0 saturated carbocycles. The highest BCUT2D eigenvalue weighted by Crippen LogP contribution is 2.27. The lowest BCUT2D eigenvalue weighted by Crippen LogP contribution is -2.46. The van der Waals surface area contributed by atoms with Crippen molar-refractivity contribution in [3.8, 4) is 5.82 Å². The monoisotopic (exact) mass is 477 g/mol. The number of aromatic nitrogens is 3. The highest BCUT2D eigenvalue weighted by molar-refractivity contribution is 6.06. The molecule has 0 bridgehead atoms. The van der Waals surface area contributed by atoms with Crippen molar-refractivity contribution < 1.29 is 13.6 Å². The number of nitrogens with one attached hydrogen (secondary N) is 1. The minimum absolute atomic E-state index is 0.0721. The number of halogens is 2. The quantitative estimate of drug-likeness (QED) is 0.440. The second-order valence-electron chi connectivity index (χ2n) is 8.40. The summed E-state index contributed by atoms with van der Waals surface area (Å²) in [7, 11) is 0. The SMILES string of the molecule is CCN1CCN(c2cccc(Nc3ncc(F)c(-n4cc(C(N)=O)c5cc(F)ccc54)n3)c2)CC1. The first kappa shape index (κ1) is 22.7. The summed E-state index contributed by atoms with van der Waals surface area (Å²) < 4.78 is 30.0. The lowest BCUT2D eigenvalue weighted by Gasteiger charge is -2.35. The summed E-state index contributed by atoms with van der Waals surface area (Å²) in [5, 5.41) is 3.42. The van der Waals surface area contributed by atoms with Gasteiger partial charge in [-0.15, -0.1) is 0 Å². The van der Waals surface area contributed by atoms with Crippen molar-refractivity contribution in [2.75, 3.05) is 42.9 Å². The number of rotatable bonds is 6. The minimum Gasteiger partial charge on any atom is -0.369 e. The van der Waals surface area contributed by atoms with Crippen LogP contribution < -0.4 is 16.0 Å². The summed E-state index contributed by atoms with van der Waals surface area (Å²) >= 11 is 0. The lowest BCUT2D eigenvalue weighted by molar-refractivity contribution is 0.100. The fourth-order valence-electron chi connectivity index (χ4n) is 4.39. The molecular formula is C25H25F2N7O. The first-order valence-electron chi connectivity index (χ1n) is 11.4. The Labute approximate surface area is 201 Å². The third-order valence-corrected chi connectivity index (χ3v) is 6.27. The van der Waals surface area contributed by atoms with Crippen molar-refractivity contribution in [3.05, 3.63) is 72.1 Å². The second-order valence-corrected chi connectivity index (χ2v) is 8.40. The number of nitrogens with two attached hydrogens (primary N) is 1. The summed E-state index contributed by atoms with van der Waals surface area (Å²) in [6, 6.07) is 11.8. The van der Waals surface area contributed by atoms with Crippen LogP contribution in [0.5, 0.6) is 0 Å². The van der Waals surface area contributed by atoms with E-state index < -0.39 is 17.5 Å². The van der Waals surface area contributed by atoms with E-state index in [1.807, 2.05) is 18.2 Å². The maximum Gasteiger partial charge on any atom is 0.250 e. The average Bonchev–Trinajstić information content (AvgIpc) is 3.24. The largest absolute Gasteiger partial charge is 0.369 e. The molecule has 5 rings (SSSR count). The van der Waals surface area contributed by atoms with Crippen molar-refractivity contribution >= 4 is 34.1 Å². The number of nitrogens with zero attached hydrogens (tertiary/aromatic N) is 5. The van der Waals surface area contributed by atoms with Gasteiger partial charge < -0.3 is 20.9 Å². The number of hydrogen-bond acceptors (Lipinski definition) is 6. The van der Waals surface area contributed by atoms with E-state index in [2.05, 4.69) is 38.1 Å². The van der Waals surface area contributed by atoms with Crippen LogP contribution in [0.2, 0.25) is 0 Å². The van der Waals surface area contributed by atoms with Gasteiger partial charge in [0.1, 0.15) is 5.82 Å². The highest BCUT2D eigenvalue weighted by Gasteiger charge is 2.19. The Morgan fingerprint density at radius 2 is 1.91 bits per heavy atom. The molecule has 8 nitrogen and oxygen atoms in total. The number of hydrogen-bond donors (Lipinski definition) is 2. The molecule has 1 saturated heterocycles. The molecule has 1 aliphatic heterocycles. The van der Waals surface area contributed by atoms with Crippen LogP contribution >= 0.6 is 0 Å². The number of primary amides is 1. The van der Waals surface area contributed by atoms with E-state index in [4.69, 9.17) is 5.73 Å². The number of carbonyl (C=O) groups excluding carboxylic acids is 1. The summed E-state index contributed by atoms with van der Waals surface area (Å²) in [4.78, 5) is 25.1. The average molecular weight is 478 g/mol. The van der Waals surface area contributed by atoms with Gasteiger partial charge >= 0.3 is 0 Å². The van der Waals surface area contributed by atoms with Crippen molar-refractivity contribution in [3.63, 3.8) is 0 Å². The van der Waals surface area contributed by atoms with E-state index in [-0.39, 0.29) is 22.7 Å². The minimum atomic E-state index is -0.747. The van der Waals surface area contributed by atoms with E-state index in [9.17, 15) is 13.6 Å². The van der Waals surface area contributed by atoms with Crippen LogP contribution in [0.1, 0.15) is 17.3 Å². The first-order valence-corrected chi connectivity index (χ1v) is 11.4. The van der Waals surface area contributed by atoms with E-state index in [0.29, 0.717) is 5.52 Å². The van der Waals surface area contributed by atoms with Crippen LogP contribution in [0.15, 0.2) is 54.9 Å². The van der Waals surface area contributed by atoms with Gasteiger partial charge in [-0.25, -0.2) is 13.8 Å². The Balaban J connectivity index is 1.45. The van der Waals surface area contributed by atoms with Crippen LogP contribution in [0.3, 0.4) is 0 Å². The number of carbonyl (C=O) groups is 1. The summed E-state index contributed by atoms with van der Waals surface area (Å²) in [6.07, 6.45) is 2.41. The summed E-state index contributed by atoms with van der Waals surface area (Å²) in [6.45, 7) is 7.13. The number of amides is 1. The van der Waals surface area contributed by atoms with Gasteiger partial charge in [0.15, 0.2) is 11.6 Å². The molecule has 4 aromatic rings. The molecule has 1 fully saturated rings. The standard InChI is InChI=1S/C25H25F2N7O/c1-2-32-8-10-33(11-9-32)18-5-3-4-17(13-18)30-25-29-14-21(27)24(31-25)34-15-20(23(28)35)19-12-16(26)6-7-22(19)34/h3-7,12-15H,2,8-11H2,1H3,(H2,28,35)(H,29,30,31). The fourth-order valence-corrected chi connectivity index (χ4v) is 4.39. The first-order chi connectivity index (χ1) is 16.9. The molecule has 2 aromatic carbocycles. The van der Waals surface area contributed by atoms with Gasteiger partial charge in [0.2, 0.25) is 5.95 Å². The molecule has 1 amide bonds. The molecule has 10 heteroatoms. The molecule has 180 valence electrons. The highest BCUT2D eigenvalue weighted by atomic mass is 19.1. The van der Waals surface area contributed by atoms with E-state index in [0.717, 1.165) is 50.3 Å². The number of likely N-dealkylation sites (N-methyl/N-ethyl adjacent to an activating group) is 1. The normalized spacial score (nSPS) is 14.4. The van der Waals surface area contributed by atoms with Gasteiger partial charge in [-0.1, -0.05) is 13.0 Å². The molecular weight excluding hydrogens is 452 g/mol. The number of piperazine rings is 1.